The average Bonchev–Trinajstić information content (AvgIpc) is 2.39. The lowest BCUT2D eigenvalue weighted by Crippen LogP contribution is -2.55. The highest BCUT2D eigenvalue weighted by Crippen LogP contribution is 2.23. The molecule has 1 aromatic carbocycles. The van der Waals surface area contributed by atoms with Crippen LogP contribution in [0.4, 0.5) is 0 Å². The molecular formula is C16H23NO3. The third-order valence-corrected chi connectivity index (χ3v) is 3.81. The molecule has 1 aliphatic heterocycles. The zero-order chi connectivity index (χ0) is 14.9. The van der Waals surface area contributed by atoms with E-state index in [1.165, 1.54) is 0 Å². The molecule has 0 bridgehead atoms. The minimum absolute atomic E-state index is 0.0148. The molecule has 0 aliphatic carbocycles. The maximum atomic E-state index is 12.7. The second kappa shape index (κ2) is 5.54. The van der Waals surface area contributed by atoms with Crippen molar-refractivity contribution in [2.24, 2.45) is 0 Å². The molecule has 1 saturated heterocycles. The van der Waals surface area contributed by atoms with Gasteiger partial charge in [-0.2, -0.15) is 0 Å². The van der Waals surface area contributed by atoms with E-state index in [1.54, 1.807) is 4.90 Å². The number of aliphatic hydroxyl groups excluding tert-OH is 1. The van der Waals surface area contributed by atoms with Crippen molar-refractivity contribution >= 4 is 5.91 Å². The van der Waals surface area contributed by atoms with Crippen molar-refractivity contribution in [3.8, 4) is 0 Å². The molecule has 1 unspecified atom stereocenters. The van der Waals surface area contributed by atoms with Gasteiger partial charge in [0, 0.05) is 18.7 Å². The maximum Gasteiger partial charge on any atom is 0.254 e. The molecule has 1 aromatic rings. The van der Waals surface area contributed by atoms with Gasteiger partial charge in [0.15, 0.2) is 0 Å². The molecular weight excluding hydrogens is 254 g/mol. The van der Waals surface area contributed by atoms with Gasteiger partial charge in [-0.05, 0) is 44.9 Å². The molecule has 1 amide bonds. The van der Waals surface area contributed by atoms with Gasteiger partial charge in [0.2, 0.25) is 0 Å². The molecule has 2 rings (SSSR count). The molecule has 0 radical (unpaired) electrons. The Balaban J connectivity index is 2.26. The molecule has 0 aromatic heterocycles. The van der Waals surface area contributed by atoms with Crippen LogP contribution in [0.25, 0.3) is 0 Å². The normalized spacial score (nSPS) is 21.9. The van der Waals surface area contributed by atoms with Gasteiger partial charge in [-0.3, -0.25) is 4.79 Å². The first-order chi connectivity index (χ1) is 9.34. The Kier molecular flexibility index (Phi) is 4.16. The van der Waals surface area contributed by atoms with Crippen molar-refractivity contribution in [2.45, 2.75) is 39.4 Å². The second-order valence-electron chi connectivity index (χ2n) is 6.12. The Hall–Kier alpha value is -1.39. The van der Waals surface area contributed by atoms with E-state index < -0.39 is 5.60 Å². The van der Waals surface area contributed by atoms with Crippen LogP contribution in [0, 0.1) is 13.8 Å². The van der Waals surface area contributed by atoms with E-state index in [4.69, 9.17) is 4.74 Å². The first-order valence-corrected chi connectivity index (χ1v) is 6.98. The molecule has 20 heavy (non-hydrogen) atoms. The first-order valence-electron chi connectivity index (χ1n) is 6.98. The van der Waals surface area contributed by atoms with Crippen LogP contribution in [-0.4, -0.2) is 47.3 Å². The topological polar surface area (TPSA) is 49.8 Å². The lowest BCUT2D eigenvalue weighted by molar-refractivity contribution is -0.139. The highest BCUT2D eigenvalue weighted by molar-refractivity contribution is 5.96. The van der Waals surface area contributed by atoms with Crippen molar-refractivity contribution in [2.75, 3.05) is 19.7 Å². The number of morpholine rings is 1. The van der Waals surface area contributed by atoms with Gasteiger partial charge in [0.05, 0.1) is 18.3 Å². The number of ether oxygens (including phenoxy) is 1. The largest absolute Gasteiger partial charge is 0.394 e. The van der Waals surface area contributed by atoms with Gasteiger partial charge >= 0.3 is 0 Å². The van der Waals surface area contributed by atoms with Crippen LogP contribution < -0.4 is 0 Å². The van der Waals surface area contributed by atoms with Crippen molar-refractivity contribution in [1.29, 1.82) is 0 Å². The third-order valence-electron chi connectivity index (χ3n) is 3.81. The third kappa shape index (κ3) is 3.02. The van der Waals surface area contributed by atoms with Crippen LogP contribution in [0.1, 0.15) is 35.3 Å². The highest BCUT2D eigenvalue weighted by atomic mass is 16.5. The van der Waals surface area contributed by atoms with Crippen molar-refractivity contribution in [3.63, 3.8) is 0 Å². The number of carbonyl (C=O) groups is 1. The summed E-state index contributed by atoms with van der Waals surface area (Å²) < 4.78 is 5.75. The average molecular weight is 277 g/mol. The predicted molar refractivity (Wildman–Crippen MR) is 77.9 cm³/mol. The fraction of sp³-hybridized carbons (Fsp3) is 0.562. The summed E-state index contributed by atoms with van der Waals surface area (Å²) in [6.45, 7) is 8.77. The summed E-state index contributed by atoms with van der Waals surface area (Å²) in [7, 11) is 0. The Bertz CT molecular complexity index is 510. The van der Waals surface area contributed by atoms with E-state index in [0.29, 0.717) is 13.1 Å². The van der Waals surface area contributed by atoms with Crippen LogP contribution in [-0.2, 0) is 4.74 Å². The van der Waals surface area contributed by atoms with E-state index in [-0.39, 0.29) is 18.6 Å². The van der Waals surface area contributed by atoms with Crippen molar-refractivity contribution in [1.82, 2.24) is 4.90 Å². The lowest BCUT2D eigenvalue weighted by Gasteiger charge is -2.42. The molecule has 0 saturated carbocycles. The van der Waals surface area contributed by atoms with Crippen LogP contribution in [0.15, 0.2) is 18.2 Å². The number of hydrogen-bond acceptors (Lipinski definition) is 3. The highest BCUT2D eigenvalue weighted by Gasteiger charge is 2.35. The molecule has 1 atom stereocenters. The fourth-order valence-corrected chi connectivity index (χ4v) is 2.70. The van der Waals surface area contributed by atoms with Gasteiger partial charge in [-0.15, -0.1) is 0 Å². The Morgan fingerprint density at radius 3 is 2.80 bits per heavy atom. The number of aryl methyl sites for hydroxylation is 1. The second-order valence-corrected chi connectivity index (χ2v) is 6.12. The van der Waals surface area contributed by atoms with Crippen LogP contribution in [0.3, 0.4) is 0 Å². The van der Waals surface area contributed by atoms with E-state index in [9.17, 15) is 9.90 Å². The van der Waals surface area contributed by atoms with Crippen LogP contribution in [0.2, 0.25) is 0 Å². The number of aliphatic hydroxyl groups is 1. The zero-order valence-corrected chi connectivity index (χ0v) is 12.6. The van der Waals surface area contributed by atoms with Crippen molar-refractivity contribution < 1.29 is 14.6 Å². The zero-order valence-electron chi connectivity index (χ0n) is 12.6. The SMILES string of the molecule is Cc1cccc(C(=O)N2CC(CO)OC(C)(C)C2)c1C. The standard InChI is InChI=1S/C16H23NO3/c1-11-6-5-7-14(12(11)2)15(19)17-8-13(9-18)20-16(3,4)10-17/h5-7,13,18H,8-10H2,1-4H3. The van der Waals surface area contributed by atoms with Crippen LogP contribution in [0.5, 0.6) is 0 Å². The first kappa shape index (κ1) is 15.0. The monoisotopic (exact) mass is 277 g/mol. The molecule has 1 heterocycles. The summed E-state index contributed by atoms with van der Waals surface area (Å²) in [6.07, 6.45) is -0.312. The van der Waals surface area contributed by atoms with Crippen LogP contribution >= 0.6 is 0 Å². The molecule has 4 nitrogen and oxygen atoms in total. The minimum atomic E-state index is -0.432. The number of rotatable bonds is 2. The molecule has 4 heteroatoms. The molecule has 1 aliphatic rings. The summed E-state index contributed by atoms with van der Waals surface area (Å²) in [5, 5.41) is 9.33. The minimum Gasteiger partial charge on any atom is -0.394 e. The number of carbonyl (C=O) groups excluding carboxylic acids is 1. The molecule has 1 fully saturated rings. The van der Waals surface area contributed by atoms with Gasteiger partial charge in [-0.1, -0.05) is 12.1 Å². The quantitative estimate of drug-likeness (QED) is 0.898. The van der Waals surface area contributed by atoms with E-state index in [0.717, 1.165) is 16.7 Å². The Labute approximate surface area is 120 Å². The molecule has 1 N–H and O–H groups in total. The summed E-state index contributed by atoms with van der Waals surface area (Å²) in [4.78, 5) is 14.5. The molecule has 110 valence electrons. The van der Waals surface area contributed by atoms with Gasteiger partial charge in [0.25, 0.3) is 5.91 Å². The smallest absolute Gasteiger partial charge is 0.254 e. The summed E-state index contributed by atoms with van der Waals surface area (Å²) in [5.41, 5.74) is 2.43. The number of nitrogens with zero attached hydrogens (tertiary/aromatic N) is 1. The number of amides is 1. The predicted octanol–water partition coefficient (Wildman–Crippen LogP) is 1.92. The van der Waals surface area contributed by atoms with E-state index >= 15 is 0 Å². The number of benzene rings is 1. The summed E-state index contributed by atoms with van der Waals surface area (Å²) in [6, 6.07) is 5.78. The summed E-state index contributed by atoms with van der Waals surface area (Å²) >= 11 is 0. The van der Waals surface area contributed by atoms with Gasteiger partial charge in [-0.25, -0.2) is 0 Å². The van der Waals surface area contributed by atoms with Gasteiger partial charge < -0.3 is 14.7 Å². The lowest BCUT2D eigenvalue weighted by atomic mass is 10.00. The number of hydrogen-bond donors (Lipinski definition) is 1. The molecule has 0 spiro atoms. The Morgan fingerprint density at radius 1 is 1.45 bits per heavy atom. The summed E-state index contributed by atoms with van der Waals surface area (Å²) in [5.74, 6) is 0.0148. The van der Waals surface area contributed by atoms with E-state index in [1.807, 2.05) is 45.9 Å². The van der Waals surface area contributed by atoms with E-state index in [2.05, 4.69) is 0 Å². The fourth-order valence-electron chi connectivity index (χ4n) is 2.70. The van der Waals surface area contributed by atoms with Crippen molar-refractivity contribution in [3.05, 3.63) is 34.9 Å². The maximum absolute atomic E-state index is 12.7. The Morgan fingerprint density at radius 2 is 2.15 bits per heavy atom. The van der Waals surface area contributed by atoms with Gasteiger partial charge in [0.1, 0.15) is 0 Å².